The number of halogens is 2. The lowest BCUT2D eigenvalue weighted by Crippen LogP contribution is -2.34. The highest BCUT2D eigenvalue weighted by molar-refractivity contribution is 6.42. The Morgan fingerprint density at radius 3 is 2.75 bits per heavy atom. The van der Waals surface area contributed by atoms with Gasteiger partial charge in [0.15, 0.2) is 5.78 Å². The zero-order valence-electron chi connectivity index (χ0n) is 8.80. The van der Waals surface area contributed by atoms with Crippen molar-refractivity contribution in [2.24, 2.45) is 5.92 Å². The Kier molecular flexibility index (Phi) is 3.85. The second kappa shape index (κ2) is 5.17. The van der Waals surface area contributed by atoms with Crippen molar-refractivity contribution in [2.45, 2.75) is 12.8 Å². The topological polar surface area (TPSA) is 29.1 Å². The van der Waals surface area contributed by atoms with E-state index in [-0.39, 0.29) is 11.7 Å². The van der Waals surface area contributed by atoms with Crippen molar-refractivity contribution in [3.8, 4) is 0 Å². The molecule has 0 aliphatic carbocycles. The molecule has 2 nitrogen and oxygen atoms in total. The van der Waals surface area contributed by atoms with E-state index in [1.807, 2.05) is 0 Å². The number of carbonyl (C=O) groups excluding carboxylic acids is 1. The van der Waals surface area contributed by atoms with Gasteiger partial charge in [0.1, 0.15) is 0 Å². The zero-order chi connectivity index (χ0) is 11.5. The molecule has 1 aromatic carbocycles. The van der Waals surface area contributed by atoms with E-state index in [9.17, 15) is 4.79 Å². The molecule has 1 N–H and O–H groups in total. The monoisotopic (exact) mass is 257 g/mol. The van der Waals surface area contributed by atoms with Crippen LogP contribution in [-0.4, -0.2) is 18.9 Å². The van der Waals surface area contributed by atoms with Crippen LogP contribution in [0, 0.1) is 5.92 Å². The molecule has 4 heteroatoms. The van der Waals surface area contributed by atoms with Crippen molar-refractivity contribution in [2.75, 3.05) is 13.1 Å². The molecule has 0 radical (unpaired) electrons. The summed E-state index contributed by atoms with van der Waals surface area (Å²) in [6, 6.07) is 5.07. The van der Waals surface area contributed by atoms with E-state index < -0.39 is 0 Å². The van der Waals surface area contributed by atoms with Gasteiger partial charge in [-0.1, -0.05) is 23.2 Å². The first kappa shape index (κ1) is 11.9. The number of nitrogens with one attached hydrogen (secondary N) is 1. The number of Topliss-reactive ketones (excluding diaryl/α,β-unsaturated/α-hetero) is 1. The largest absolute Gasteiger partial charge is 0.316 e. The lowest BCUT2D eigenvalue weighted by atomic mass is 9.91. The number of rotatable bonds is 2. The Morgan fingerprint density at radius 2 is 2.12 bits per heavy atom. The summed E-state index contributed by atoms with van der Waals surface area (Å²) in [6.45, 7) is 1.77. The molecule has 0 spiro atoms. The molecule has 1 aliphatic heterocycles. The van der Waals surface area contributed by atoms with Gasteiger partial charge in [0.25, 0.3) is 0 Å². The molecule has 1 saturated heterocycles. The van der Waals surface area contributed by atoms with Gasteiger partial charge in [0, 0.05) is 18.0 Å². The maximum Gasteiger partial charge on any atom is 0.167 e. The lowest BCUT2D eigenvalue weighted by molar-refractivity contribution is 0.0899. The third-order valence-electron chi connectivity index (χ3n) is 2.87. The first-order chi connectivity index (χ1) is 7.68. The van der Waals surface area contributed by atoms with Crippen molar-refractivity contribution >= 4 is 29.0 Å². The molecule has 1 aliphatic rings. The summed E-state index contributed by atoms with van der Waals surface area (Å²) in [5.74, 6) is 0.233. The standard InChI is InChI=1S/C12H13Cl2NO/c13-10-4-3-8(6-11(10)14)12(16)9-2-1-5-15-7-9/h3-4,6,9,15H,1-2,5,7H2. The molecule has 1 aromatic rings. The third kappa shape index (κ3) is 2.57. The van der Waals surface area contributed by atoms with E-state index in [4.69, 9.17) is 23.2 Å². The van der Waals surface area contributed by atoms with Gasteiger partial charge in [-0.25, -0.2) is 0 Å². The van der Waals surface area contributed by atoms with Gasteiger partial charge in [-0.3, -0.25) is 4.79 Å². The summed E-state index contributed by atoms with van der Waals surface area (Å²) in [6.07, 6.45) is 2.00. The van der Waals surface area contributed by atoms with Gasteiger partial charge in [0.05, 0.1) is 10.0 Å². The summed E-state index contributed by atoms with van der Waals surface area (Å²) in [5, 5.41) is 4.16. The summed E-state index contributed by atoms with van der Waals surface area (Å²) in [7, 11) is 0. The fourth-order valence-electron chi connectivity index (χ4n) is 1.96. The van der Waals surface area contributed by atoms with Crippen LogP contribution in [0.5, 0.6) is 0 Å². The SMILES string of the molecule is O=C(c1ccc(Cl)c(Cl)c1)C1CCCNC1. The number of hydrogen-bond donors (Lipinski definition) is 1. The van der Waals surface area contributed by atoms with Crippen LogP contribution >= 0.6 is 23.2 Å². The molecule has 86 valence electrons. The van der Waals surface area contributed by atoms with E-state index >= 15 is 0 Å². The van der Waals surface area contributed by atoms with Crippen molar-refractivity contribution < 1.29 is 4.79 Å². The Morgan fingerprint density at radius 1 is 1.31 bits per heavy atom. The predicted octanol–water partition coefficient (Wildman–Crippen LogP) is 3.18. The van der Waals surface area contributed by atoms with Crippen molar-refractivity contribution in [3.05, 3.63) is 33.8 Å². The second-order valence-corrected chi connectivity index (χ2v) is 4.85. The number of ketones is 1. The summed E-state index contributed by atoms with van der Waals surface area (Å²) < 4.78 is 0. The number of hydrogen-bond acceptors (Lipinski definition) is 2. The number of benzene rings is 1. The van der Waals surface area contributed by atoms with Crippen molar-refractivity contribution in [3.63, 3.8) is 0 Å². The van der Waals surface area contributed by atoms with E-state index in [0.29, 0.717) is 15.6 Å². The van der Waals surface area contributed by atoms with Gasteiger partial charge >= 0.3 is 0 Å². The molecular weight excluding hydrogens is 245 g/mol. The van der Waals surface area contributed by atoms with Crippen LogP contribution in [0.2, 0.25) is 10.0 Å². The molecule has 1 heterocycles. The minimum absolute atomic E-state index is 0.0750. The van der Waals surface area contributed by atoms with E-state index in [2.05, 4.69) is 5.32 Å². The van der Waals surface area contributed by atoms with Crippen LogP contribution in [0.25, 0.3) is 0 Å². The lowest BCUT2D eigenvalue weighted by Gasteiger charge is -2.21. The van der Waals surface area contributed by atoms with Crippen molar-refractivity contribution in [1.82, 2.24) is 5.32 Å². The van der Waals surface area contributed by atoms with Crippen LogP contribution in [0.3, 0.4) is 0 Å². The van der Waals surface area contributed by atoms with Gasteiger partial charge in [0.2, 0.25) is 0 Å². The molecule has 0 saturated carbocycles. The molecule has 2 rings (SSSR count). The maximum atomic E-state index is 12.1. The Labute approximate surface area is 105 Å². The fourth-order valence-corrected chi connectivity index (χ4v) is 2.26. The molecule has 1 unspecified atom stereocenters. The summed E-state index contributed by atoms with van der Waals surface area (Å²) >= 11 is 11.7. The van der Waals surface area contributed by atoms with Crippen LogP contribution < -0.4 is 5.32 Å². The average Bonchev–Trinajstić information content (AvgIpc) is 2.33. The Bertz CT molecular complexity index is 400. The number of piperidine rings is 1. The van der Waals surface area contributed by atoms with Crippen LogP contribution in [0.1, 0.15) is 23.2 Å². The minimum Gasteiger partial charge on any atom is -0.316 e. The summed E-state index contributed by atoms with van der Waals surface area (Å²) in [4.78, 5) is 12.1. The Hall–Kier alpha value is -0.570. The van der Waals surface area contributed by atoms with Crippen LogP contribution in [0.15, 0.2) is 18.2 Å². The highest BCUT2D eigenvalue weighted by Gasteiger charge is 2.22. The Balaban J connectivity index is 2.16. The van der Waals surface area contributed by atoms with E-state index in [0.717, 1.165) is 25.9 Å². The molecule has 1 fully saturated rings. The van der Waals surface area contributed by atoms with E-state index in [1.165, 1.54) is 0 Å². The molecule has 1 atom stereocenters. The highest BCUT2D eigenvalue weighted by atomic mass is 35.5. The average molecular weight is 258 g/mol. The van der Waals surface area contributed by atoms with E-state index in [1.54, 1.807) is 18.2 Å². The number of carbonyl (C=O) groups is 1. The molecule has 0 aromatic heterocycles. The van der Waals surface area contributed by atoms with Crippen molar-refractivity contribution in [1.29, 1.82) is 0 Å². The maximum absolute atomic E-state index is 12.1. The molecular formula is C12H13Cl2NO. The zero-order valence-corrected chi connectivity index (χ0v) is 10.3. The molecule has 0 amide bonds. The van der Waals surface area contributed by atoms with Crippen LogP contribution in [-0.2, 0) is 0 Å². The molecule has 0 bridgehead atoms. The first-order valence-electron chi connectivity index (χ1n) is 5.38. The van der Waals surface area contributed by atoms with Gasteiger partial charge < -0.3 is 5.32 Å². The van der Waals surface area contributed by atoms with Gasteiger partial charge in [-0.15, -0.1) is 0 Å². The second-order valence-electron chi connectivity index (χ2n) is 4.04. The smallest absolute Gasteiger partial charge is 0.167 e. The quantitative estimate of drug-likeness (QED) is 0.825. The highest BCUT2D eigenvalue weighted by Crippen LogP contribution is 2.25. The predicted molar refractivity (Wildman–Crippen MR) is 66.4 cm³/mol. The minimum atomic E-state index is 0.0750. The first-order valence-corrected chi connectivity index (χ1v) is 6.14. The normalized spacial score (nSPS) is 20.8. The van der Waals surface area contributed by atoms with Gasteiger partial charge in [-0.05, 0) is 37.6 Å². The fraction of sp³-hybridized carbons (Fsp3) is 0.417. The molecule has 16 heavy (non-hydrogen) atoms. The third-order valence-corrected chi connectivity index (χ3v) is 3.61. The van der Waals surface area contributed by atoms with Gasteiger partial charge in [-0.2, -0.15) is 0 Å². The van der Waals surface area contributed by atoms with Crippen LogP contribution in [0.4, 0.5) is 0 Å². The summed E-state index contributed by atoms with van der Waals surface area (Å²) in [5.41, 5.74) is 0.656.